The highest BCUT2D eigenvalue weighted by molar-refractivity contribution is 6.74. The fourth-order valence-electron chi connectivity index (χ4n) is 1.66. The molecule has 1 fully saturated rings. The molecule has 0 aromatic carbocycles. The largest absolute Gasteiger partial charge is 0.443 e. The van der Waals surface area contributed by atoms with E-state index in [1.807, 2.05) is 0 Å². The van der Waals surface area contributed by atoms with Crippen LogP contribution in [0, 0.1) is 0 Å². The Kier molecular flexibility index (Phi) is 5.15. The number of likely N-dealkylation sites (tertiary alicyclic amines) is 1. The first kappa shape index (κ1) is 16.2. The fraction of sp³-hybridized carbons (Fsp3) is 0.846. The zero-order valence-corrected chi connectivity index (χ0v) is 13.6. The maximum atomic E-state index is 11.4. The summed E-state index contributed by atoms with van der Waals surface area (Å²) in [6.07, 6.45) is 0.719. The molecule has 0 spiro atoms. The highest BCUT2D eigenvalue weighted by Crippen LogP contribution is 2.36. The molecule has 0 bridgehead atoms. The van der Waals surface area contributed by atoms with Gasteiger partial charge in [-0.3, -0.25) is 9.59 Å². The molecule has 110 valence electrons. The van der Waals surface area contributed by atoms with Crippen LogP contribution >= 0.6 is 0 Å². The van der Waals surface area contributed by atoms with Crippen LogP contribution in [-0.2, 0) is 18.8 Å². The highest BCUT2D eigenvalue weighted by Gasteiger charge is 2.38. The molecule has 5 nitrogen and oxygen atoms in total. The van der Waals surface area contributed by atoms with Crippen LogP contribution in [0.1, 0.15) is 33.6 Å². The first-order valence-corrected chi connectivity index (χ1v) is 9.62. The van der Waals surface area contributed by atoms with Gasteiger partial charge in [0.1, 0.15) is 0 Å². The summed E-state index contributed by atoms with van der Waals surface area (Å²) in [5.41, 5.74) is 0. The maximum Gasteiger partial charge on any atom is 0.295 e. The van der Waals surface area contributed by atoms with Crippen LogP contribution in [0.5, 0.6) is 0 Å². The summed E-state index contributed by atoms with van der Waals surface area (Å²) >= 11 is 0. The molecule has 1 atom stereocenters. The number of hydrogen-bond donors (Lipinski definition) is 0. The standard InChI is InChI=1S/C13H25NO4Si/c1-13(2,3)19(4,5)18-8-6-7-14-11(16)9-12(14)17-10-15/h10,12H,6-9H2,1-5H3. The summed E-state index contributed by atoms with van der Waals surface area (Å²) in [4.78, 5) is 23.2. The third-order valence-corrected chi connectivity index (χ3v) is 8.58. The van der Waals surface area contributed by atoms with Crippen LogP contribution in [0.15, 0.2) is 0 Å². The van der Waals surface area contributed by atoms with Crippen molar-refractivity contribution in [3.05, 3.63) is 0 Å². The van der Waals surface area contributed by atoms with Gasteiger partial charge < -0.3 is 14.1 Å². The van der Waals surface area contributed by atoms with Crippen molar-refractivity contribution in [3.8, 4) is 0 Å². The molecule has 1 saturated heterocycles. The fourth-order valence-corrected chi connectivity index (χ4v) is 2.75. The molecule has 0 saturated carbocycles. The SMILES string of the molecule is CC(C)(C)[Si](C)(C)OCCCN1C(=O)CC1OC=O. The Morgan fingerprint density at radius 1 is 1.42 bits per heavy atom. The molecular weight excluding hydrogens is 262 g/mol. The number of ether oxygens (including phenoxy) is 1. The lowest BCUT2D eigenvalue weighted by atomic mass is 10.1. The van der Waals surface area contributed by atoms with Gasteiger partial charge in [-0.2, -0.15) is 0 Å². The zero-order chi connectivity index (χ0) is 14.7. The summed E-state index contributed by atoms with van der Waals surface area (Å²) in [5, 5.41) is 0.197. The van der Waals surface area contributed by atoms with E-state index in [4.69, 9.17) is 9.16 Å². The van der Waals surface area contributed by atoms with Gasteiger partial charge in [-0.05, 0) is 24.6 Å². The van der Waals surface area contributed by atoms with Gasteiger partial charge in [0.15, 0.2) is 14.5 Å². The molecule has 19 heavy (non-hydrogen) atoms. The molecule has 1 unspecified atom stereocenters. The highest BCUT2D eigenvalue weighted by atomic mass is 28.4. The molecule has 1 rings (SSSR count). The van der Waals surface area contributed by atoms with Crippen LogP contribution in [0.4, 0.5) is 0 Å². The van der Waals surface area contributed by atoms with E-state index in [0.29, 0.717) is 26.0 Å². The van der Waals surface area contributed by atoms with Crippen LogP contribution in [0.25, 0.3) is 0 Å². The first-order valence-electron chi connectivity index (χ1n) is 6.71. The summed E-state index contributed by atoms with van der Waals surface area (Å²) in [7, 11) is -1.71. The Morgan fingerprint density at radius 3 is 2.53 bits per heavy atom. The second-order valence-electron chi connectivity index (χ2n) is 6.44. The van der Waals surface area contributed by atoms with E-state index in [1.165, 1.54) is 0 Å². The lowest BCUT2D eigenvalue weighted by Gasteiger charge is -2.39. The van der Waals surface area contributed by atoms with Gasteiger partial charge in [-0.1, -0.05) is 20.8 Å². The molecule has 6 heteroatoms. The lowest BCUT2D eigenvalue weighted by molar-refractivity contribution is -0.176. The van der Waals surface area contributed by atoms with E-state index in [9.17, 15) is 9.59 Å². The van der Waals surface area contributed by atoms with E-state index in [-0.39, 0.29) is 17.2 Å². The molecular formula is C13H25NO4Si. The second-order valence-corrected chi connectivity index (χ2v) is 11.2. The number of amides is 1. The predicted octanol–water partition coefficient (Wildman–Crippen LogP) is 2.13. The summed E-state index contributed by atoms with van der Waals surface area (Å²) < 4.78 is 10.8. The summed E-state index contributed by atoms with van der Waals surface area (Å²) in [5.74, 6) is 0.0409. The van der Waals surface area contributed by atoms with Crippen molar-refractivity contribution < 1.29 is 18.8 Å². The number of carbonyl (C=O) groups is 2. The quantitative estimate of drug-likeness (QED) is 0.311. The topological polar surface area (TPSA) is 55.8 Å². The van der Waals surface area contributed by atoms with Gasteiger partial charge in [-0.25, -0.2) is 0 Å². The monoisotopic (exact) mass is 287 g/mol. The summed E-state index contributed by atoms with van der Waals surface area (Å²) in [6, 6.07) is 0. The average Bonchev–Trinajstić information content (AvgIpc) is 2.26. The predicted molar refractivity (Wildman–Crippen MR) is 75.0 cm³/mol. The molecule has 0 aromatic heterocycles. The van der Waals surface area contributed by atoms with Gasteiger partial charge >= 0.3 is 0 Å². The average molecular weight is 287 g/mol. The van der Waals surface area contributed by atoms with Crippen LogP contribution in [0.2, 0.25) is 18.1 Å². The number of hydrogen-bond acceptors (Lipinski definition) is 4. The Morgan fingerprint density at radius 2 is 2.05 bits per heavy atom. The van der Waals surface area contributed by atoms with Crippen LogP contribution < -0.4 is 0 Å². The molecule has 0 aromatic rings. The Hall–Kier alpha value is -0.883. The molecule has 1 amide bonds. The minimum Gasteiger partial charge on any atom is -0.443 e. The van der Waals surface area contributed by atoms with Crippen molar-refractivity contribution in [2.45, 2.75) is 58.0 Å². The van der Waals surface area contributed by atoms with Gasteiger partial charge in [0.25, 0.3) is 6.47 Å². The molecule has 1 aliphatic heterocycles. The van der Waals surface area contributed by atoms with Crippen molar-refractivity contribution in [3.63, 3.8) is 0 Å². The number of nitrogens with zero attached hydrogens (tertiary/aromatic N) is 1. The lowest BCUT2D eigenvalue weighted by Crippen LogP contribution is -2.54. The van der Waals surface area contributed by atoms with Gasteiger partial charge in [0.2, 0.25) is 5.91 Å². The minimum absolute atomic E-state index is 0.0409. The van der Waals surface area contributed by atoms with E-state index >= 15 is 0 Å². The van der Waals surface area contributed by atoms with E-state index in [2.05, 4.69) is 33.9 Å². The molecule has 0 aliphatic carbocycles. The smallest absolute Gasteiger partial charge is 0.295 e. The van der Waals surface area contributed by atoms with E-state index in [1.54, 1.807) is 4.90 Å². The normalized spacial score (nSPS) is 20.2. The zero-order valence-electron chi connectivity index (χ0n) is 12.6. The van der Waals surface area contributed by atoms with Crippen molar-refractivity contribution in [1.29, 1.82) is 0 Å². The van der Waals surface area contributed by atoms with E-state index < -0.39 is 8.32 Å². The minimum atomic E-state index is -1.71. The molecule has 1 heterocycles. The number of carbonyl (C=O) groups excluding carboxylic acids is 2. The van der Waals surface area contributed by atoms with Crippen molar-refractivity contribution in [2.75, 3.05) is 13.2 Å². The van der Waals surface area contributed by atoms with Crippen molar-refractivity contribution in [1.82, 2.24) is 4.90 Å². The molecule has 1 aliphatic rings. The van der Waals surface area contributed by atoms with Crippen molar-refractivity contribution in [2.24, 2.45) is 0 Å². The third kappa shape index (κ3) is 4.04. The maximum absolute atomic E-state index is 11.4. The molecule has 0 N–H and O–H groups in total. The van der Waals surface area contributed by atoms with Gasteiger partial charge in [0.05, 0.1) is 6.42 Å². The van der Waals surface area contributed by atoms with Crippen molar-refractivity contribution >= 4 is 20.7 Å². The Labute approximate surface area is 116 Å². The van der Waals surface area contributed by atoms with Crippen LogP contribution in [0.3, 0.4) is 0 Å². The number of rotatable bonds is 7. The summed E-state index contributed by atoms with van der Waals surface area (Å²) in [6.45, 7) is 12.7. The van der Waals surface area contributed by atoms with Gasteiger partial charge in [0, 0.05) is 13.2 Å². The third-order valence-electron chi connectivity index (χ3n) is 4.04. The first-order chi connectivity index (χ1) is 8.69. The van der Waals surface area contributed by atoms with Crippen LogP contribution in [-0.4, -0.2) is 45.0 Å². The van der Waals surface area contributed by atoms with E-state index in [0.717, 1.165) is 6.42 Å². The Balaban J connectivity index is 2.28. The second kappa shape index (κ2) is 6.05. The Bertz CT molecular complexity index is 336. The van der Waals surface area contributed by atoms with Gasteiger partial charge in [-0.15, -0.1) is 0 Å². The number of β-lactam (4-membered cyclic amide) rings is 1. The molecule has 0 radical (unpaired) electrons.